The Balaban J connectivity index is 1.95. The molecule has 8 heteroatoms. The number of halogens is 3. The van der Waals surface area contributed by atoms with Gasteiger partial charge >= 0.3 is 0 Å². The van der Waals surface area contributed by atoms with Crippen LogP contribution in [0.1, 0.15) is 37.0 Å². The Morgan fingerprint density at radius 3 is 2.50 bits per heavy atom. The third kappa shape index (κ3) is 5.36. The summed E-state index contributed by atoms with van der Waals surface area (Å²) < 4.78 is 41.7. The first-order valence-corrected chi connectivity index (χ1v) is 10.7. The van der Waals surface area contributed by atoms with Gasteiger partial charge in [0.05, 0.1) is 5.56 Å². The summed E-state index contributed by atoms with van der Waals surface area (Å²) in [5.74, 6) is -3.88. The van der Waals surface area contributed by atoms with Crippen molar-refractivity contribution in [2.75, 3.05) is 13.6 Å². The molecule has 32 heavy (non-hydrogen) atoms. The molecule has 3 N–H and O–H groups in total. The van der Waals surface area contributed by atoms with Crippen LogP contribution in [0.3, 0.4) is 0 Å². The van der Waals surface area contributed by atoms with Gasteiger partial charge in [-0.25, -0.2) is 13.2 Å². The lowest BCUT2D eigenvalue weighted by atomic mass is 10.0. The third-order valence-electron chi connectivity index (χ3n) is 5.33. The normalized spacial score (nSPS) is 16.2. The van der Waals surface area contributed by atoms with E-state index in [2.05, 4.69) is 16.0 Å². The number of rotatable bonds is 9. The van der Waals surface area contributed by atoms with Crippen LogP contribution >= 0.6 is 0 Å². The standard InChI is InChI=1S/C24H29F3N4O/c1-4-12-29-22-21(23(32)28-3)31(15-16-8-6-5-7-9-16)20(30-22)14-17-10-11-19(25)18(13-17)24(2,26)27/h5-11,13,20,29-30H,4,12,14-15H2,1-3H3,(H,28,32). The Bertz CT molecular complexity index is 973. The Hall–Kier alpha value is -3.16. The fourth-order valence-electron chi connectivity index (χ4n) is 3.75. The summed E-state index contributed by atoms with van der Waals surface area (Å²) in [6, 6.07) is 13.5. The third-order valence-corrected chi connectivity index (χ3v) is 5.33. The lowest BCUT2D eigenvalue weighted by Crippen LogP contribution is -2.41. The molecule has 172 valence electrons. The number of nitrogens with zero attached hydrogens (tertiary/aromatic N) is 1. The van der Waals surface area contributed by atoms with E-state index in [1.165, 1.54) is 12.1 Å². The summed E-state index contributed by atoms with van der Waals surface area (Å²) in [4.78, 5) is 14.7. The maximum absolute atomic E-state index is 14.0. The van der Waals surface area contributed by atoms with Crippen molar-refractivity contribution in [3.63, 3.8) is 0 Å². The van der Waals surface area contributed by atoms with Gasteiger partial charge in [-0.2, -0.15) is 0 Å². The fourth-order valence-corrected chi connectivity index (χ4v) is 3.75. The topological polar surface area (TPSA) is 56.4 Å². The molecule has 0 bridgehead atoms. The highest BCUT2D eigenvalue weighted by Gasteiger charge is 2.36. The Kier molecular flexibility index (Phi) is 7.33. The molecule has 0 aromatic heterocycles. The second-order valence-corrected chi connectivity index (χ2v) is 7.91. The molecule has 0 radical (unpaired) electrons. The van der Waals surface area contributed by atoms with E-state index in [0.717, 1.165) is 18.1 Å². The van der Waals surface area contributed by atoms with Crippen LogP contribution in [0, 0.1) is 5.82 Å². The molecule has 3 rings (SSSR count). The molecule has 2 aromatic rings. The molecule has 1 aliphatic rings. The molecular weight excluding hydrogens is 417 g/mol. The average molecular weight is 447 g/mol. The van der Waals surface area contributed by atoms with Gasteiger partial charge in [0.1, 0.15) is 23.5 Å². The largest absolute Gasteiger partial charge is 0.370 e. The van der Waals surface area contributed by atoms with Crippen molar-refractivity contribution in [1.82, 2.24) is 20.9 Å². The SMILES string of the molecule is CCCNC1=C(C(=O)NC)N(Cc2ccccc2)C(Cc2ccc(F)c(C(C)(F)F)c2)N1. The summed E-state index contributed by atoms with van der Waals surface area (Å²) in [6.07, 6.45) is 0.779. The van der Waals surface area contributed by atoms with Gasteiger partial charge in [-0.15, -0.1) is 0 Å². The Morgan fingerprint density at radius 1 is 1.16 bits per heavy atom. The Morgan fingerprint density at radius 2 is 1.88 bits per heavy atom. The van der Waals surface area contributed by atoms with Gasteiger partial charge in [-0.1, -0.05) is 43.3 Å². The highest BCUT2D eigenvalue weighted by Crippen LogP contribution is 2.31. The molecule has 5 nitrogen and oxygen atoms in total. The minimum absolute atomic E-state index is 0.255. The van der Waals surface area contributed by atoms with Crippen LogP contribution in [0.5, 0.6) is 0 Å². The quantitative estimate of drug-likeness (QED) is 0.548. The van der Waals surface area contributed by atoms with Crippen molar-refractivity contribution in [3.05, 3.63) is 82.6 Å². The number of hydrogen-bond acceptors (Lipinski definition) is 4. The maximum Gasteiger partial charge on any atom is 0.273 e. The molecular formula is C24H29F3N4O. The van der Waals surface area contributed by atoms with Gasteiger partial charge in [-0.05, 0) is 29.7 Å². The van der Waals surface area contributed by atoms with Gasteiger partial charge in [0.15, 0.2) is 0 Å². The summed E-state index contributed by atoms with van der Waals surface area (Å²) in [6.45, 7) is 3.81. The minimum atomic E-state index is -3.29. The summed E-state index contributed by atoms with van der Waals surface area (Å²) >= 11 is 0. The van der Waals surface area contributed by atoms with E-state index in [4.69, 9.17) is 0 Å². The van der Waals surface area contributed by atoms with E-state index >= 15 is 0 Å². The molecule has 1 atom stereocenters. The van der Waals surface area contributed by atoms with Crippen LogP contribution < -0.4 is 16.0 Å². The molecule has 1 aliphatic heterocycles. The van der Waals surface area contributed by atoms with Crippen molar-refractivity contribution in [3.8, 4) is 0 Å². The molecule has 1 amide bonds. The molecule has 2 aromatic carbocycles. The van der Waals surface area contributed by atoms with E-state index < -0.39 is 17.3 Å². The molecule has 0 saturated carbocycles. The molecule has 1 heterocycles. The number of carbonyl (C=O) groups excluding carboxylic acids is 1. The zero-order chi connectivity index (χ0) is 23.3. The van der Waals surface area contributed by atoms with Gasteiger partial charge in [-0.3, -0.25) is 4.79 Å². The average Bonchev–Trinajstić information content (AvgIpc) is 3.09. The number of hydrogen-bond donors (Lipinski definition) is 3. The van der Waals surface area contributed by atoms with Crippen LogP contribution in [0.4, 0.5) is 13.2 Å². The minimum Gasteiger partial charge on any atom is -0.370 e. The highest BCUT2D eigenvalue weighted by atomic mass is 19.3. The van der Waals surface area contributed by atoms with E-state index in [9.17, 15) is 18.0 Å². The lowest BCUT2D eigenvalue weighted by molar-refractivity contribution is -0.118. The zero-order valence-corrected chi connectivity index (χ0v) is 18.5. The maximum atomic E-state index is 14.0. The van der Waals surface area contributed by atoms with E-state index in [1.807, 2.05) is 42.2 Å². The second-order valence-electron chi connectivity index (χ2n) is 7.91. The molecule has 0 fully saturated rings. The van der Waals surface area contributed by atoms with Crippen LogP contribution in [0.25, 0.3) is 0 Å². The molecule has 0 spiro atoms. The number of nitrogens with one attached hydrogen (secondary N) is 3. The van der Waals surface area contributed by atoms with Crippen molar-refractivity contribution < 1.29 is 18.0 Å². The van der Waals surface area contributed by atoms with E-state index in [1.54, 1.807) is 7.05 Å². The highest BCUT2D eigenvalue weighted by molar-refractivity contribution is 5.93. The first kappa shape index (κ1) is 23.5. The van der Waals surface area contributed by atoms with Crippen LogP contribution in [-0.4, -0.2) is 30.6 Å². The predicted molar refractivity (Wildman–Crippen MR) is 118 cm³/mol. The van der Waals surface area contributed by atoms with Gasteiger partial charge < -0.3 is 20.9 Å². The number of amides is 1. The molecule has 0 aliphatic carbocycles. The van der Waals surface area contributed by atoms with Crippen molar-refractivity contribution >= 4 is 5.91 Å². The summed E-state index contributed by atoms with van der Waals surface area (Å²) in [7, 11) is 1.57. The monoisotopic (exact) mass is 446 g/mol. The summed E-state index contributed by atoms with van der Waals surface area (Å²) in [5, 5.41) is 9.28. The van der Waals surface area contributed by atoms with Crippen molar-refractivity contribution in [2.45, 2.75) is 45.3 Å². The zero-order valence-electron chi connectivity index (χ0n) is 18.5. The first-order valence-electron chi connectivity index (χ1n) is 10.7. The van der Waals surface area contributed by atoms with Crippen LogP contribution in [0.2, 0.25) is 0 Å². The fraction of sp³-hybridized carbons (Fsp3) is 0.375. The first-order chi connectivity index (χ1) is 15.2. The van der Waals surface area contributed by atoms with Crippen LogP contribution in [-0.2, 0) is 23.7 Å². The number of benzene rings is 2. The smallest absolute Gasteiger partial charge is 0.273 e. The van der Waals surface area contributed by atoms with Gasteiger partial charge in [0.2, 0.25) is 0 Å². The number of alkyl halides is 2. The molecule has 1 unspecified atom stereocenters. The number of likely N-dealkylation sites (N-methyl/N-ethyl adjacent to an activating group) is 1. The Labute approximate surface area is 186 Å². The number of carbonyl (C=O) groups is 1. The van der Waals surface area contributed by atoms with Crippen molar-refractivity contribution in [1.29, 1.82) is 0 Å². The van der Waals surface area contributed by atoms with Gasteiger partial charge in [0, 0.05) is 33.5 Å². The van der Waals surface area contributed by atoms with Crippen LogP contribution in [0.15, 0.2) is 60.0 Å². The van der Waals surface area contributed by atoms with E-state index in [-0.39, 0.29) is 12.1 Å². The van der Waals surface area contributed by atoms with Crippen molar-refractivity contribution in [2.24, 2.45) is 0 Å². The predicted octanol–water partition coefficient (Wildman–Crippen LogP) is 3.83. The molecule has 0 saturated heterocycles. The lowest BCUT2D eigenvalue weighted by Gasteiger charge is -2.29. The summed E-state index contributed by atoms with van der Waals surface area (Å²) in [5.41, 5.74) is 1.37. The second kappa shape index (κ2) is 9.97. The van der Waals surface area contributed by atoms with E-state index in [0.29, 0.717) is 43.5 Å². The van der Waals surface area contributed by atoms with Gasteiger partial charge in [0.25, 0.3) is 11.8 Å².